The standard InChI is InChI=1S/C13H20BNO4/c1-12(2)13(3,4)19-14(18-12)10-7-9(17)8-15-11(10)5-6-16/h7-8,16-17H,5-6H2,1-4H3. The summed E-state index contributed by atoms with van der Waals surface area (Å²) in [5.41, 5.74) is 0.464. The average molecular weight is 265 g/mol. The Bertz CT molecular complexity index is 460. The first kappa shape index (κ1) is 14.3. The van der Waals surface area contributed by atoms with Crippen LogP contribution in [-0.4, -0.2) is 40.1 Å². The first-order chi connectivity index (χ1) is 8.77. The molecule has 0 bridgehead atoms. The zero-order chi connectivity index (χ0) is 14.3. The number of hydrogen-bond donors (Lipinski definition) is 2. The maximum atomic E-state index is 9.59. The van der Waals surface area contributed by atoms with E-state index in [0.29, 0.717) is 17.6 Å². The topological polar surface area (TPSA) is 71.8 Å². The van der Waals surface area contributed by atoms with E-state index < -0.39 is 18.3 Å². The lowest BCUT2D eigenvalue weighted by molar-refractivity contribution is 0.00578. The molecule has 2 N–H and O–H groups in total. The van der Waals surface area contributed by atoms with E-state index in [2.05, 4.69) is 4.98 Å². The Labute approximate surface area is 113 Å². The van der Waals surface area contributed by atoms with Gasteiger partial charge >= 0.3 is 7.12 Å². The molecule has 2 heterocycles. The van der Waals surface area contributed by atoms with Gasteiger partial charge in [-0.05, 0) is 33.8 Å². The van der Waals surface area contributed by atoms with Crippen molar-refractivity contribution in [1.82, 2.24) is 4.98 Å². The van der Waals surface area contributed by atoms with Crippen molar-refractivity contribution in [3.8, 4) is 5.75 Å². The van der Waals surface area contributed by atoms with Crippen molar-refractivity contribution in [1.29, 1.82) is 0 Å². The van der Waals surface area contributed by atoms with E-state index in [9.17, 15) is 5.11 Å². The summed E-state index contributed by atoms with van der Waals surface area (Å²) >= 11 is 0. The molecular weight excluding hydrogens is 245 g/mol. The summed E-state index contributed by atoms with van der Waals surface area (Å²) < 4.78 is 11.9. The number of rotatable bonds is 3. The van der Waals surface area contributed by atoms with Gasteiger partial charge in [0, 0.05) is 24.2 Å². The largest absolute Gasteiger partial charge is 0.506 e. The van der Waals surface area contributed by atoms with E-state index in [0.717, 1.165) is 0 Å². The van der Waals surface area contributed by atoms with Gasteiger partial charge in [0.15, 0.2) is 0 Å². The van der Waals surface area contributed by atoms with Crippen LogP contribution in [-0.2, 0) is 15.7 Å². The van der Waals surface area contributed by atoms with Gasteiger partial charge in [-0.3, -0.25) is 4.98 Å². The number of pyridine rings is 1. The van der Waals surface area contributed by atoms with Gasteiger partial charge < -0.3 is 19.5 Å². The highest BCUT2D eigenvalue weighted by atomic mass is 16.7. The number of aliphatic hydroxyl groups is 1. The van der Waals surface area contributed by atoms with E-state index in [-0.39, 0.29) is 12.4 Å². The summed E-state index contributed by atoms with van der Waals surface area (Å²) in [5, 5.41) is 18.7. The molecule has 0 atom stereocenters. The number of aliphatic hydroxyl groups excluding tert-OH is 1. The Hall–Kier alpha value is -1.11. The highest BCUT2D eigenvalue weighted by Crippen LogP contribution is 2.36. The lowest BCUT2D eigenvalue weighted by Gasteiger charge is -2.32. The molecule has 0 amide bonds. The van der Waals surface area contributed by atoms with Crippen LogP contribution >= 0.6 is 0 Å². The van der Waals surface area contributed by atoms with Crippen LogP contribution in [0.15, 0.2) is 12.3 Å². The van der Waals surface area contributed by atoms with Crippen LogP contribution in [0.4, 0.5) is 0 Å². The quantitative estimate of drug-likeness (QED) is 0.784. The Morgan fingerprint density at radius 2 is 1.79 bits per heavy atom. The zero-order valence-electron chi connectivity index (χ0n) is 11.8. The van der Waals surface area contributed by atoms with Gasteiger partial charge in [-0.1, -0.05) is 0 Å². The molecule has 1 aliphatic rings. The summed E-state index contributed by atoms with van der Waals surface area (Å²) in [6.45, 7) is 7.86. The fourth-order valence-electron chi connectivity index (χ4n) is 1.99. The number of aromatic hydroxyl groups is 1. The lowest BCUT2D eigenvalue weighted by Crippen LogP contribution is -2.41. The first-order valence-electron chi connectivity index (χ1n) is 6.41. The normalized spacial score (nSPS) is 20.8. The maximum absolute atomic E-state index is 9.59. The third-order valence-corrected chi connectivity index (χ3v) is 3.85. The second-order valence-corrected chi connectivity index (χ2v) is 5.79. The smallest absolute Gasteiger partial charge is 0.496 e. The minimum atomic E-state index is -0.578. The highest BCUT2D eigenvalue weighted by molar-refractivity contribution is 6.62. The van der Waals surface area contributed by atoms with Crippen LogP contribution in [0.2, 0.25) is 0 Å². The lowest BCUT2D eigenvalue weighted by atomic mass is 9.77. The molecule has 0 unspecified atom stereocenters. The average Bonchev–Trinajstić information content (AvgIpc) is 2.51. The van der Waals surface area contributed by atoms with Gasteiger partial charge in [-0.15, -0.1) is 0 Å². The van der Waals surface area contributed by atoms with Crippen molar-refractivity contribution in [3.05, 3.63) is 18.0 Å². The molecule has 6 heteroatoms. The third-order valence-electron chi connectivity index (χ3n) is 3.85. The molecule has 0 aromatic carbocycles. The molecule has 104 valence electrons. The second kappa shape index (κ2) is 4.78. The minimum absolute atomic E-state index is 0.00964. The maximum Gasteiger partial charge on any atom is 0.496 e. The van der Waals surface area contributed by atoms with Gasteiger partial charge in [0.25, 0.3) is 0 Å². The van der Waals surface area contributed by atoms with Crippen molar-refractivity contribution in [2.75, 3.05) is 6.61 Å². The van der Waals surface area contributed by atoms with Gasteiger partial charge in [0.2, 0.25) is 0 Å². The third kappa shape index (κ3) is 2.61. The van der Waals surface area contributed by atoms with E-state index in [1.54, 1.807) is 6.07 Å². The van der Waals surface area contributed by atoms with E-state index in [1.165, 1.54) is 6.20 Å². The number of aromatic nitrogens is 1. The van der Waals surface area contributed by atoms with Gasteiger partial charge in [-0.2, -0.15) is 0 Å². The summed E-state index contributed by atoms with van der Waals surface area (Å²) in [4.78, 5) is 4.14. The molecule has 2 rings (SSSR count). The Balaban J connectivity index is 2.35. The second-order valence-electron chi connectivity index (χ2n) is 5.79. The van der Waals surface area contributed by atoms with Crippen LogP contribution in [0, 0.1) is 0 Å². The number of nitrogens with zero attached hydrogens (tertiary/aromatic N) is 1. The SMILES string of the molecule is CC1(C)OB(c2cc(O)cnc2CCO)OC1(C)C. The van der Waals surface area contributed by atoms with Gasteiger partial charge in [-0.25, -0.2) is 0 Å². The Morgan fingerprint density at radius 1 is 1.21 bits per heavy atom. The monoisotopic (exact) mass is 265 g/mol. The molecule has 1 aromatic heterocycles. The van der Waals surface area contributed by atoms with Crippen molar-refractivity contribution < 1.29 is 19.5 Å². The molecule has 1 fully saturated rings. The highest BCUT2D eigenvalue weighted by Gasteiger charge is 2.52. The number of hydrogen-bond acceptors (Lipinski definition) is 5. The Kier molecular flexibility index (Phi) is 3.60. The fraction of sp³-hybridized carbons (Fsp3) is 0.615. The molecule has 5 nitrogen and oxygen atoms in total. The van der Waals surface area contributed by atoms with Crippen LogP contribution in [0.5, 0.6) is 5.75 Å². The van der Waals surface area contributed by atoms with Gasteiger partial charge in [0.05, 0.1) is 17.4 Å². The predicted octanol–water partition coefficient (Wildman–Crippen LogP) is 0.621. The molecule has 0 aliphatic carbocycles. The zero-order valence-corrected chi connectivity index (χ0v) is 11.8. The minimum Gasteiger partial charge on any atom is -0.506 e. The molecular formula is C13H20BNO4. The summed E-state index contributed by atoms with van der Waals surface area (Å²) in [5.74, 6) is 0.0615. The van der Waals surface area contributed by atoms with Crippen molar-refractivity contribution >= 4 is 12.6 Å². The Morgan fingerprint density at radius 3 is 2.32 bits per heavy atom. The van der Waals surface area contributed by atoms with Gasteiger partial charge in [0.1, 0.15) is 5.75 Å². The van der Waals surface area contributed by atoms with Crippen molar-refractivity contribution in [3.63, 3.8) is 0 Å². The molecule has 1 aliphatic heterocycles. The van der Waals surface area contributed by atoms with Crippen molar-refractivity contribution in [2.45, 2.75) is 45.3 Å². The van der Waals surface area contributed by atoms with Crippen LogP contribution in [0.25, 0.3) is 0 Å². The molecule has 0 radical (unpaired) electrons. The van der Waals surface area contributed by atoms with Crippen molar-refractivity contribution in [2.24, 2.45) is 0 Å². The van der Waals surface area contributed by atoms with Crippen LogP contribution in [0.3, 0.4) is 0 Å². The summed E-state index contributed by atoms with van der Waals surface area (Å²) in [7, 11) is -0.578. The molecule has 0 saturated carbocycles. The molecule has 1 aromatic rings. The first-order valence-corrected chi connectivity index (χ1v) is 6.41. The van der Waals surface area contributed by atoms with E-state index >= 15 is 0 Å². The van der Waals surface area contributed by atoms with Crippen LogP contribution < -0.4 is 5.46 Å². The predicted molar refractivity (Wildman–Crippen MR) is 72.4 cm³/mol. The van der Waals surface area contributed by atoms with E-state index in [1.807, 2.05) is 27.7 Å². The summed E-state index contributed by atoms with van der Waals surface area (Å²) in [6, 6.07) is 1.58. The van der Waals surface area contributed by atoms with Crippen LogP contribution in [0.1, 0.15) is 33.4 Å². The molecule has 19 heavy (non-hydrogen) atoms. The fourth-order valence-corrected chi connectivity index (χ4v) is 1.99. The molecule has 1 saturated heterocycles. The summed E-state index contributed by atoms with van der Waals surface area (Å²) in [6.07, 6.45) is 1.76. The van der Waals surface area contributed by atoms with E-state index in [4.69, 9.17) is 14.4 Å². The molecule has 0 spiro atoms.